The lowest BCUT2D eigenvalue weighted by atomic mass is 10.0. The molecule has 1 unspecified atom stereocenters. The van der Waals surface area contributed by atoms with E-state index in [0.29, 0.717) is 0 Å². The molecule has 0 N–H and O–H groups in total. The number of hydrogen-bond donors (Lipinski definition) is 0. The van der Waals surface area contributed by atoms with E-state index in [1.807, 2.05) is 0 Å². The van der Waals surface area contributed by atoms with Crippen molar-refractivity contribution in [2.24, 2.45) is 0 Å². The van der Waals surface area contributed by atoms with Gasteiger partial charge in [0.2, 0.25) is 5.84 Å². The Morgan fingerprint density at radius 3 is 1.18 bits per heavy atom. The Morgan fingerprint density at radius 1 is 0.475 bits per heavy atom. The first-order valence-electron chi connectivity index (χ1n) is 19.2. The van der Waals surface area contributed by atoms with Gasteiger partial charge in [0.1, 0.15) is 12.6 Å². The van der Waals surface area contributed by atoms with E-state index in [4.69, 9.17) is 0 Å². The Kier molecular flexibility index (Phi) is 26.8. The van der Waals surface area contributed by atoms with Gasteiger partial charge in [-0.3, -0.25) is 9.48 Å². The monoisotopic (exact) mass is 562 g/mol. The Bertz CT molecular complexity index is 554. The molecule has 1 atom stereocenters. The summed E-state index contributed by atoms with van der Waals surface area (Å²) >= 11 is 0. The van der Waals surface area contributed by atoms with E-state index in [1.165, 1.54) is 206 Å². The summed E-state index contributed by atoms with van der Waals surface area (Å²) in [4.78, 5) is 2.80. The molecule has 0 aliphatic carbocycles. The van der Waals surface area contributed by atoms with Gasteiger partial charge in [0.05, 0.1) is 13.1 Å². The SMILES string of the molecule is CCCCCCCCCCCCCCCCC1C[N+](CC)=C(CCCCCCCCCCCCCCC)N1CC. The van der Waals surface area contributed by atoms with Gasteiger partial charge in [-0.15, -0.1) is 0 Å². The van der Waals surface area contributed by atoms with Crippen molar-refractivity contribution in [3.05, 3.63) is 0 Å². The van der Waals surface area contributed by atoms with Crippen LogP contribution >= 0.6 is 0 Å². The van der Waals surface area contributed by atoms with E-state index in [2.05, 4.69) is 37.2 Å². The first-order chi connectivity index (χ1) is 19.8. The van der Waals surface area contributed by atoms with Gasteiger partial charge in [0.15, 0.2) is 0 Å². The summed E-state index contributed by atoms with van der Waals surface area (Å²) < 4.78 is 2.72. The van der Waals surface area contributed by atoms with Crippen molar-refractivity contribution in [2.75, 3.05) is 19.6 Å². The van der Waals surface area contributed by atoms with Gasteiger partial charge in [0.25, 0.3) is 0 Å². The van der Waals surface area contributed by atoms with Crippen LogP contribution < -0.4 is 0 Å². The average molecular weight is 562 g/mol. The molecule has 0 aromatic carbocycles. The molecule has 40 heavy (non-hydrogen) atoms. The third-order valence-electron chi connectivity index (χ3n) is 9.69. The minimum absolute atomic E-state index is 0.777. The van der Waals surface area contributed by atoms with E-state index in [0.717, 1.165) is 6.04 Å². The van der Waals surface area contributed by atoms with Crippen molar-refractivity contribution in [3.63, 3.8) is 0 Å². The minimum atomic E-state index is 0.777. The largest absolute Gasteiger partial charge is 0.262 e. The van der Waals surface area contributed by atoms with E-state index in [-0.39, 0.29) is 0 Å². The highest BCUT2D eigenvalue weighted by atomic mass is 15.3. The first-order valence-corrected chi connectivity index (χ1v) is 19.2. The number of amidine groups is 1. The van der Waals surface area contributed by atoms with Crippen LogP contribution in [-0.2, 0) is 0 Å². The van der Waals surface area contributed by atoms with Gasteiger partial charge in [-0.2, -0.15) is 0 Å². The second-order valence-corrected chi connectivity index (χ2v) is 13.3. The maximum Gasteiger partial charge on any atom is 0.247 e. The van der Waals surface area contributed by atoms with Crippen LogP contribution in [0.15, 0.2) is 0 Å². The summed E-state index contributed by atoms with van der Waals surface area (Å²) in [6, 6.07) is 0.777. The van der Waals surface area contributed by atoms with E-state index in [1.54, 1.807) is 5.84 Å². The van der Waals surface area contributed by atoms with Gasteiger partial charge in [-0.1, -0.05) is 174 Å². The molecule has 1 aliphatic rings. The van der Waals surface area contributed by atoms with Crippen LogP contribution in [0.4, 0.5) is 0 Å². The Hall–Kier alpha value is -0.530. The van der Waals surface area contributed by atoms with Crippen LogP contribution in [-0.4, -0.2) is 41.0 Å². The summed E-state index contributed by atoms with van der Waals surface area (Å²) in [5.41, 5.74) is 0. The fraction of sp³-hybridized carbons (Fsp3) is 0.974. The van der Waals surface area contributed by atoms with Gasteiger partial charge in [-0.05, 0) is 33.1 Å². The van der Waals surface area contributed by atoms with Crippen LogP contribution in [0, 0.1) is 0 Å². The fourth-order valence-corrected chi connectivity index (χ4v) is 7.03. The normalized spacial score (nSPS) is 15.6. The molecule has 0 saturated carbocycles. The zero-order valence-corrected chi connectivity index (χ0v) is 28.6. The van der Waals surface area contributed by atoms with E-state index >= 15 is 0 Å². The number of likely N-dealkylation sites (N-methyl/N-ethyl adjacent to an activating group) is 2. The first kappa shape index (κ1) is 37.5. The molecule has 0 bridgehead atoms. The molecule has 0 saturated heterocycles. The third-order valence-corrected chi connectivity index (χ3v) is 9.69. The lowest BCUT2D eigenvalue weighted by Crippen LogP contribution is -2.36. The van der Waals surface area contributed by atoms with Gasteiger partial charge in [0, 0.05) is 6.42 Å². The molecule has 0 radical (unpaired) electrons. The lowest BCUT2D eigenvalue weighted by Gasteiger charge is -2.19. The van der Waals surface area contributed by atoms with E-state index in [9.17, 15) is 0 Å². The summed E-state index contributed by atoms with van der Waals surface area (Å²) in [6.45, 7) is 13.1. The zero-order valence-electron chi connectivity index (χ0n) is 28.6. The quantitative estimate of drug-likeness (QED) is 0.0602. The minimum Gasteiger partial charge on any atom is -0.262 e. The molecular formula is C38H77N2+. The maximum atomic E-state index is 2.80. The van der Waals surface area contributed by atoms with Crippen LogP contribution in [0.2, 0.25) is 0 Å². The number of unbranched alkanes of at least 4 members (excludes halogenated alkanes) is 25. The van der Waals surface area contributed by atoms with Crippen LogP contribution in [0.5, 0.6) is 0 Å². The molecule has 0 aromatic rings. The molecule has 0 aromatic heterocycles. The molecule has 0 fully saturated rings. The predicted octanol–water partition coefficient (Wildman–Crippen LogP) is 12.5. The second kappa shape index (κ2) is 28.6. The van der Waals surface area contributed by atoms with Crippen molar-refractivity contribution in [1.82, 2.24) is 4.90 Å². The smallest absolute Gasteiger partial charge is 0.247 e. The summed E-state index contributed by atoms with van der Waals surface area (Å²) in [6.07, 6.45) is 42.0. The topological polar surface area (TPSA) is 6.25 Å². The lowest BCUT2D eigenvalue weighted by molar-refractivity contribution is -0.518. The molecule has 2 heteroatoms. The van der Waals surface area contributed by atoms with Crippen LogP contribution in [0.1, 0.15) is 214 Å². The average Bonchev–Trinajstić information content (AvgIpc) is 3.31. The van der Waals surface area contributed by atoms with Crippen molar-refractivity contribution in [3.8, 4) is 0 Å². The van der Waals surface area contributed by atoms with E-state index < -0.39 is 0 Å². The van der Waals surface area contributed by atoms with Crippen molar-refractivity contribution < 1.29 is 4.58 Å². The standard InChI is InChI=1S/C38H77N2/c1-5-9-11-13-15-17-19-21-23-24-26-28-30-32-34-37-36-39(7-3)38(40(37)8-4)35-33-31-29-27-25-22-20-18-16-14-12-10-6-2/h37H,5-36H2,1-4H3/q+1. The highest BCUT2D eigenvalue weighted by molar-refractivity contribution is 5.78. The van der Waals surface area contributed by atoms with Gasteiger partial charge < -0.3 is 0 Å². The van der Waals surface area contributed by atoms with Crippen molar-refractivity contribution in [2.45, 2.75) is 220 Å². The predicted molar refractivity (Wildman–Crippen MR) is 182 cm³/mol. The number of nitrogens with zero attached hydrogens (tertiary/aromatic N) is 2. The van der Waals surface area contributed by atoms with Crippen LogP contribution in [0.25, 0.3) is 0 Å². The van der Waals surface area contributed by atoms with Crippen molar-refractivity contribution >= 4 is 5.84 Å². The Balaban J connectivity index is 2.03. The molecule has 0 spiro atoms. The molecule has 0 amide bonds. The molecule has 2 nitrogen and oxygen atoms in total. The Morgan fingerprint density at radius 2 is 0.825 bits per heavy atom. The summed E-state index contributed by atoms with van der Waals surface area (Å²) in [5, 5.41) is 0. The second-order valence-electron chi connectivity index (χ2n) is 13.3. The molecular weight excluding hydrogens is 484 g/mol. The molecule has 1 rings (SSSR count). The molecule has 238 valence electrons. The number of hydrogen-bond acceptors (Lipinski definition) is 1. The van der Waals surface area contributed by atoms with Gasteiger partial charge in [-0.25, -0.2) is 0 Å². The van der Waals surface area contributed by atoms with Crippen molar-refractivity contribution in [1.29, 1.82) is 0 Å². The maximum absolute atomic E-state index is 2.80. The number of rotatable bonds is 31. The van der Waals surface area contributed by atoms with Crippen LogP contribution in [0.3, 0.4) is 0 Å². The Labute approximate surface area is 254 Å². The highest BCUT2D eigenvalue weighted by Gasteiger charge is 2.36. The molecule has 1 aliphatic heterocycles. The molecule has 1 heterocycles. The zero-order chi connectivity index (χ0) is 28.9. The summed E-state index contributed by atoms with van der Waals surface area (Å²) in [5.74, 6) is 1.68. The summed E-state index contributed by atoms with van der Waals surface area (Å²) in [7, 11) is 0. The third kappa shape index (κ3) is 19.6. The van der Waals surface area contributed by atoms with Gasteiger partial charge >= 0.3 is 0 Å². The highest BCUT2D eigenvalue weighted by Crippen LogP contribution is 2.21. The fourth-order valence-electron chi connectivity index (χ4n) is 7.03.